The first-order chi connectivity index (χ1) is 12.3. The Morgan fingerprint density at radius 1 is 1.04 bits per heavy atom. The molecule has 1 N–H and O–H groups in total. The average Bonchev–Trinajstić information content (AvgIpc) is 2.60. The van der Waals surface area contributed by atoms with Gasteiger partial charge < -0.3 is 10.1 Å². The average molecular weight is 413 g/mol. The van der Waals surface area contributed by atoms with Crippen molar-refractivity contribution in [2.45, 2.75) is 16.9 Å². The van der Waals surface area contributed by atoms with Crippen molar-refractivity contribution in [1.29, 1.82) is 0 Å². The zero-order valence-electron chi connectivity index (χ0n) is 13.8. The second kappa shape index (κ2) is 9.08. The fraction of sp³-hybridized carbons (Fsp3) is 0.158. The number of amides is 1. The fourth-order valence-electron chi connectivity index (χ4n) is 2.00. The molecule has 0 saturated heterocycles. The van der Waals surface area contributed by atoms with Crippen LogP contribution >= 0.6 is 34.8 Å². The van der Waals surface area contributed by atoms with E-state index in [1.54, 1.807) is 30.3 Å². The zero-order chi connectivity index (χ0) is 19.2. The van der Waals surface area contributed by atoms with Crippen molar-refractivity contribution in [1.82, 2.24) is 5.32 Å². The summed E-state index contributed by atoms with van der Waals surface area (Å²) in [6.07, 6.45) is 1.73. The van der Waals surface area contributed by atoms with Gasteiger partial charge in [-0.2, -0.15) is 0 Å². The van der Waals surface area contributed by atoms with Crippen molar-refractivity contribution < 1.29 is 14.3 Å². The Kier molecular flexibility index (Phi) is 7.09. The van der Waals surface area contributed by atoms with E-state index in [2.05, 4.69) is 5.32 Å². The molecule has 0 aliphatic heterocycles. The van der Waals surface area contributed by atoms with Crippen LogP contribution in [0.3, 0.4) is 0 Å². The van der Waals surface area contributed by atoms with E-state index in [1.807, 2.05) is 30.3 Å². The van der Waals surface area contributed by atoms with E-state index in [4.69, 9.17) is 39.5 Å². The van der Waals surface area contributed by atoms with Crippen LogP contribution in [-0.2, 0) is 4.79 Å². The van der Waals surface area contributed by atoms with Crippen molar-refractivity contribution in [2.24, 2.45) is 0 Å². The summed E-state index contributed by atoms with van der Waals surface area (Å²) in [6.45, 7) is 1.46. The number of carbonyl (C=O) groups excluding carboxylic acids is 2. The zero-order valence-corrected chi connectivity index (χ0v) is 16.1. The predicted octanol–water partition coefficient (Wildman–Crippen LogP) is 4.79. The van der Waals surface area contributed by atoms with Gasteiger partial charge in [-0.1, -0.05) is 65.1 Å². The van der Waals surface area contributed by atoms with Gasteiger partial charge in [-0.3, -0.25) is 9.59 Å². The fourth-order valence-corrected chi connectivity index (χ4v) is 2.29. The van der Waals surface area contributed by atoms with Crippen molar-refractivity contribution in [2.75, 3.05) is 0 Å². The minimum Gasteiger partial charge on any atom is -0.466 e. The molecule has 0 spiro atoms. The number of hydrogen-bond donors (Lipinski definition) is 1. The molecule has 0 bridgehead atoms. The Hall–Kier alpha value is -2.01. The molecule has 1 atom stereocenters. The molecule has 0 heterocycles. The lowest BCUT2D eigenvalue weighted by Crippen LogP contribution is -2.47. The van der Waals surface area contributed by atoms with Crippen molar-refractivity contribution in [3.63, 3.8) is 0 Å². The molecule has 1 amide bonds. The first-order valence-corrected chi connectivity index (χ1v) is 8.77. The van der Waals surface area contributed by atoms with Gasteiger partial charge >= 0.3 is 0 Å². The van der Waals surface area contributed by atoms with E-state index in [-0.39, 0.29) is 5.78 Å². The Labute approximate surface area is 166 Å². The topological polar surface area (TPSA) is 55.4 Å². The number of rotatable bonds is 6. The molecule has 0 aliphatic carbocycles. The summed E-state index contributed by atoms with van der Waals surface area (Å²) in [5.41, 5.74) is 1.38. The molecule has 0 radical (unpaired) electrons. The van der Waals surface area contributed by atoms with Gasteiger partial charge in [-0.15, -0.1) is 0 Å². The molecule has 136 valence electrons. The number of hydrogen-bond acceptors (Lipinski definition) is 3. The van der Waals surface area contributed by atoms with Gasteiger partial charge in [0.25, 0.3) is 0 Å². The second-order valence-electron chi connectivity index (χ2n) is 5.37. The Morgan fingerprint density at radius 3 is 2.19 bits per heavy atom. The summed E-state index contributed by atoms with van der Waals surface area (Å²) >= 11 is 17.7. The highest BCUT2D eigenvalue weighted by Gasteiger charge is 2.35. The van der Waals surface area contributed by atoms with Gasteiger partial charge in [-0.05, 0) is 42.8 Å². The lowest BCUT2D eigenvalue weighted by Gasteiger charge is -2.25. The summed E-state index contributed by atoms with van der Waals surface area (Å²) in [6, 6.07) is 15.6. The lowest BCUT2D eigenvalue weighted by molar-refractivity contribution is -0.118. The van der Waals surface area contributed by atoms with Crippen LogP contribution in [0.25, 0.3) is 6.08 Å². The van der Waals surface area contributed by atoms with E-state index in [0.29, 0.717) is 11.3 Å². The number of Topliss-reactive ketones (excluding diaryl/α,β-unsaturated/α-hetero) is 1. The maximum atomic E-state index is 12.1. The first-order valence-electron chi connectivity index (χ1n) is 7.64. The number of alkyl halides is 3. The van der Waals surface area contributed by atoms with Gasteiger partial charge in [0, 0.05) is 11.6 Å². The molecule has 0 aliphatic rings. The number of nitrogens with one attached hydrogen (secondary N) is 1. The molecule has 0 saturated carbocycles. The van der Waals surface area contributed by atoms with Crippen molar-refractivity contribution in [3.8, 4) is 5.75 Å². The molecule has 26 heavy (non-hydrogen) atoms. The molecule has 2 rings (SSSR count). The maximum absolute atomic E-state index is 12.1. The van der Waals surface area contributed by atoms with Crippen LogP contribution < -0.4 is 10.1 Å². The highest BCUT2D eigenvalue weighted by molar-refractivity contribution is 6.68. The number of ether oxygens (including phenoxy) is 1. The Morgan fingerprint density at radius 2 is 1.65 bits per heavy atom. The lowest BCUT2D eigenvalue weighted by atomic mass is 10.1. The molecule has 0 unspecified atom stereocenters. The molecular formula is C19H16Cl3NO3. The van der Waals surface area contributed by atoms with Crippen LogP contribution in [0.1, 0.15) is 22.8 Å². The van der Waals surface area contributed by atoms with Gasteiger partial charge in [0.2, 0.25) is 15.9 Å². The number of ketones is 1. The molecule has 2 aromatic carbocycles. The van der Waals surface area contributed by atoms with E-state index in [9.17, 15) is 9.59 Å². The normalized spacial score (nSPS) is 12.6. The van der Waals surface area contributed by atoms with Crippen molar-refractivity contribution in [3.05, 3.63) is 71.8 Å². The molecule has 0 aromatic heterocycles. The smallest absolute Gasteiger partial charge is 0.246 e. The van der Waals surface area contributed by atoms with E-state index in [1.165, 1.54) is 13.0 Å². The number of carbonyl (C=O) groups is 2. The van der Waals surface area contributed by atoms with Gasteiger partial charge in [0.05, 0.1) is 0 Å². The molecule has 2 aromatic rings. The van der Waals surface area contributed by atoms with Crippen molar-refractivity contribution >= 4 is 52.6 Å². The highest BCUT2D eigenvalue weighted by Crippen LogP contribution is 2.32. The van der Waals surface area contributed by atoms with E-state index >= 15 is 0 Å². The van der Waals surface area contributed by atoms with Crippen LogP contribution in [-0.4, -0.2) is 21.7 Å². The molecular weight excluding hydrogens is 397 g/mol. The summed E-state index contributed by atoms with van der Waals surface area (Å²) in [5, 5.41) is 2.50. The van der Waals surface area contributed by atoms with Crippen LogP contribution in [0.15, 0.2) is 60.7 Å². The standard InChI is InChI=1S/C19H16Cl3NO3/c1-13(24)15-8-10-16(11-9-15)26-18(19(20,21)22)23-17(25)12-7-14-5-3-2-4-6-14/h2-12,18H,1H3,(H,23,25)/b12-7+/t18-/m1/s1. The summed E-state index contributed by atoms with van der Waals surface area (Å²) in [5.74, 6) is -0.210. The van der Waals surface area contributed by atoms with Crippen LogP contribution in [0.4, 0.5) is 0 Å². The third kappa shape index (κ3) is 6.37. The quantitative estimate of drug-likeness (QED) is 0.321. The second-order valence-corrected chi connectivity index (χ2v) is 7.74. The predicted molar refractivity (Wildman–Crippen MR) is 105 cm³/mol. The maximum Gasteiger partial charge on any atom is 0.246 e. The monoisotopic (exact) mass is 411 g/mol. The van der Waals surface area contributed by atoms with Gasteiger partial charge in [0.1, 0.15) is 5.75 Å². The minimum atomic E-state index is -1.89. The molecule has 4 nitrogen and oxygen atoms in total. The minimum absolute atomic E-state index is 0.0752. The SMILES string of the molecule is CC(=O)c1ccc(O[C@@H](NC(=O)/C=C/c2ccccc2)C(Cl)(Cl)Cl)cc1. The van der Waals surface area contributed by atoms with Gasteiger partial charge in [-0.25, -0.2) is 0 Å². The molecule has 7 heteroatoms. The van der Waals surface area contributed by atoms with Crippen LogP contribution in [0.2, 0.25) is 0 Å². The summed E-state index contributed by atoms with van der Waals surface area (Å²) in [7, 11) is 0. The van der Waals surface area contributed by atoms with Gasteiger partial charge in [0.15, 0.2) is 5.78 Å². The summed E-state index contributed by atoms with van der Waals surface area (Å²) < 4.78 is 3.67. The Balaban J connectivity index is 2.06. The van der Waals surface area contributed by atoms with E-state index < -0.39 is 15.9 Å². The van der Waals surface area contributed by atoms with Crippen LogP contribution in [0, 0.1) is 0 Å². The number of benzene rings is 2. The van der Waals surface area contributed by atoms with Crippen LogP contribution in [0.5, 0.6) is 5.75 Å². The molecule has 0 fully saturated rings. The third-order valence-corrected chi connectivity index (χ3v) is 3.91. The highest BCUT2D eigenvalue weighted by atomic mass is 35.6. The largest absolute Gasteiger partial charge is 0.466 e. The number of halogens is 3. The van der Waals surface area contributed by atoms with E-state index in [0.717, 1.165) is 5.56 Å². The third-order valence-electron chi connectivity index (χ3n) is 3.31. The first kappa shape index (κ1) is 20.3. The summed E-state index contributed by atoms with van der Waals surface area (Å²) in [4.78, 5) is 23.4. The Bertz CT molecular complexity index is 784.